The van der Waals surface area contributed by atoms with Gasteiger partial charge in [-0.2, -0.15) is 0 Å². The molecule has 4 heteroatoms. The van der Waals surface area contributed by atoms with Gasteiger partial charge < -0.3 is 10.5 Å². The van der Waals surface area contributed by atoms with Gasteiger partial charge in [0.05, 0.1) is 10.6 Å². The van der Waals surface area contributed by atoms with Crippen LogP contribution in [0.1, 0.15) is 25.8 Å². The summed E-state index contributed by atoms with van der Waals surface area (Å²) in [5.41, 5.74) is 6.67. The summed E-state index contributed by atoms with van der Waals surface area (Å²) in [6.07, 6.45) is 1.43. The predicted octanol–water partition coefficient (Wildman–Crippen LogP) is 3.16. The lowest BCUT2D eigenvalue weighted by Gasteiger charge is -2.33. The fourth-order valence-electron chi connectivity index (χ4n) is 1.69. The molecule has 0 bridgehead atoms. The standard InChI is InChI=1S/C13H19ClFNO/c1-4-13(2,17-3)12(16)8-9-5-6-11(15)10(14)7-9/h5-7,12H,4,8,16H2,1-3H3. The van der Waals surface area contributed by atoms with E-state index in [1.54, 1.807) is 19.2 Å². The summed E-state index contributed by atoms with van der Waals surface area (Å²) >= 11 is 5.73. The van der Waals surface area contributed by atoms with Gasteiger partial charge in [0.1, 0.15) is 5.82 Å². The highest BCUT2D eigenvalue weighted by atomic mass is 35.5. The Morgan fingerprint density at radius 2 is 2.18 bits per heavy atom. The third kappa shape index (κ3) is 3.41. The molecule has 0 radical (unpaired) electrons. The van der Waals surface area contributed by atoms with E-state index in [0.29, 0.717) is 6.42 Å². The van der Waals surface area contributed by atoms with Gasteiger partial charge in [0.25, 0.3) is 0 Å². The Morgan fingerprint density at radius 3 is 2.65 bits per heavy atom. The zero-order valence-electron chi connectivity index (χ0n) is 10.5. The van der Waals surface area contributed by atoms with E-state index in [4.69, 9.17) is 22.1 Å². The zero-order chi connectivity index (χ0) is 13.1. The predicted molar refractivity (Wildman–Crippen MR) is 68.8 cm³/mol. The van der Waals surface area contributed by atoms with Gasteiger partial charge in [-0.15, -0.1) is 0 Å². The van der Waals surface area contributed by atoms with Crippen molar-refractivity contribution < 1.29 is 9.13 Å². The number of hydrogen-bond acceptors (Lipinski definition) is 2. The van der Waals surface area contributed by atoms with E-state index in [1.807, 2.05) is 13.8 Å². The van der Waals surface area contributed by atoms with E-state index in [1.165, 1.54) is 6.07 Å². The lowest BCUT2D eigenvalue weighted by molar-refractivity contribution is -0.0184. The van der Waals surface area contributed by atoms with Crippen LogP contribution < -0.4 is 5.73 Å². The van der Waals surface area contributed by atoms with Gasteiger partial charge in [-0.3, -0.25) is 0 Å². The Labute approximate surface area is 107 Å². The summed E-state index contributed by atoms with van der Waals surface area (Å²) in [6, 6.07) is 4.52. The summed E-state index contributed by atoms with van der Waals surface area (Å²) in [4.78, 5) is 0. The third-order valence-corrected chi connectivity index (χ3v) is 3.68. The molecule has 17 heavy (non-hydrogen) atoms. The summed E-state index contributed by atoms with van der Waals surface area (Å²) in [7, 11) is 1.65. The van der Waals surface area contributed by atoms with Crippen LogP contribution in [-0.4, -0.2) is 18.8 Å². The Kier molecular flexibility index (Phi) is 4.92. The van der Waals surface area contributed by atoms with Crippen molar-refractivity contribution in [1.82, 2.24) is 0 Å². The molecule has 0 fully saturated rings. The molecule has 0 heterocycles. The fraction of sp³-hybridized carbons (Fsp3) is 0.538. The van der Waals surface area contributed by atoms with Gasteiger partial charge in [0.15, 0.2) is 0 Å². The molecule has 1 aromatic carbocycles. The second-order valence-electron chi connectivity index (χ2n) is 4.43. The molecule has 0 saturated carbocycles. The first-order valence-electron chi connectivity index (χ1n) is 5.67. The lowest BCUT2D eigenvalue weighted by atomic mass is 9.89. The molecule has 0 amide bonds. The third-order valence-electron chi connectivity index (χ3n) is 3.39. The van der Waals surface area contributed by atoms with Crippen LogP contribution in [0.3, 0.4) is 0 Å². The SMILES string of the molecule is CCC(C)(OC)C(N)Cc1ccc(F)c(Cl)c1. The smallest absolute Gasteiger partial charge is 0.141 e. The number of methoxy groups -OCH3 is 1. The number of ether oxygens (including phenoxy) is 1. The van der Waals surface area contributed by atoms with E-state index in [2.05, 4.69) is 0 Å². The molecule has 2 nitrogen and oxygen atoms in total. The largest absolute Gasteiger partial charge is 0.377 e. The molecule has 96 valence electrons. The van der Waals surface area contributed by atoms with Crippen molar-refractivity contribution in [3.63, 3.8) is 0 Å². The van der Waals surface area contributed by atoms with Crippen molar-refractivity contribution in [3.8, 4) is 0 Å². The minimum absolute atomic E-state index is 0.130. The minimum Gasteiger partial charge on any atom is -0.377 e. The van der Waals surface area contributed by atoms with E-state index >= 15 is 0 Å². The van der Waals surface area contributed by atoms with Crippen molar-refractivity contribution in [2.24, 2.45) is 5.73 Å². The Balaban J connectivity index is 2.80. The highest BCUT2D eigenvalue weighted by molar-refractivity contribution is 6.30. The van der Waals surface area contributed by atoms with Crippen molar-refractivity contribution in [2.75, 3.05) is 7.11 Å². The van der Waals surface area contributed by atoms with Crippen LogP contribution in [0.5, 0.6) is 0 Å². The molecule has 0 aliphatic rings. The molecule has 1 rings (SSSR count). The molecular formula is C13H19ClFNO. The summed E-state index contributed by atoms with van der Waals surface area (Å²) in [6.45, 7) is 4.00. The first-order valence-corrected chi connectivity index (χ1v) is 6.05. The van der Waals surface area contributed by atoms with Crippen molar-refractivity contribution in [3.05, 3.63) is 34.6 Å². The van der Waals surface area contributed by atoms with Crippen LogP contribution in [0.2, 0.25) is 5.02 Å². The first-order chi connectivity index (χ1) is 7.92. The van der Waals surface area contributed by atoms with Gasteiger partial charge in [-0.25, -0.2) is 4.39 Å². The van der Waals surface area contributed by atoms with Gasteiger partial charge >= 0.3 is 0 Å². The zero-order valence-corrected chi connectivity index (χ0v) is 11.2. The molecule has 2 N–H and O–H groups in total. The molecule has 0 aliphatic heterocycles. The Morgan fingerprint density at radius 1 is 1.53 bits per heavy atom. The summed E-state index contributed by atoms with van der Waals surface area (Å²) in [5.74, 6) is -0.408. The normalized spacial score (nSPS) is 16.6. The maximum Gasteiger partial charge on any atom is 0.141 e. The van der Waals surface area contributed by atoms with Gasteiger partial charge in [0.2, 0.25) is 0 Å². The van der Waals surface area contributed by atoms with Crippen LogP contribution >= 0.6 is 11.6 Å². The quantitative estimate of drug-likeness (QED) is 0.882. The number of benzene rings is 1. The molecular weight excluding hydrogens is 241 g/mol. The average molecular weight is 260 g/mol. The summed E-state index contributed by atoms with van der Waals surface area (Å²) < 4.78 is 18.5. The second kappa shape index (κ2) is 5.80. The molecule has 2 unspecified atom stereocenters. The van der Waals surface area contributed by atoms with Crippen molar-refractivity contribution in [2.45, 2.75) is 38.3 Å². The highest BCUT2D eigenvalue weighted by Crippen LogP contribution is 2.23. The van der Waals surface area contributed by atoms with Crippen LogP contribution in [0.4, 0.5) is 4.39 Å². The van der Waals surface area contributed by atoms with Gasteiger partial charge in [-0.05, 0) is 37.5 Å². The molecule has 2 atom stereocenters. The van der Waals surface area contributed by atoms with Crippen molar-refractivity contribution >= 4 is 11.6 Å². The van der Waals surface area contributed by atoms with Crippen LogP contribution in [0.25, 0.3) is 0 Å². The van der Waals surface area contributed by atoms with Gasteiger partial charge in [0, 0.05) is 13.2 Å². The van der Waals surface area contributed by atoms with E-state index in [0.717, 1.165) is 12.0 Å². The lowest BCUT2D eigenvalue weighted by Crippen LogP contribution is -2.48. The Hall–Kier alpha value is -0.640. The molecule has 0 aromatic heterocycles. The van der Waals surface area contributed by atoms with E-state index in [9.17, 15) is 4.39 Å². The maximum absolute atomic E-state index is 13.0. The van der Waals surface area contributed by atoms with Crippen LogP contribution in [0.15, 0.2) is 18.2 Å². The Bertz CT molecular complexity index is 380. The van der Waals surface area contributed by atoms with Gasteiger partial charge in [-0.1, -0.05) is 24.6 Å². The van der Waals surface area contributed by atoms with E-state index < -0.39 is 5.82 Å². The number of nitrogens with two attached hydrogens (primary N) is 1. The summed E-state index contributed by atoms with van der Waals surface area (Å²) in [5, 5.41) is 0.130. The van der Waals surface area contributed by atoms with Crippen LogP contribution in [0, 0.1) is 5.82 Å². The number of hydrogen-bond donors (Lipinski definition) is 1. The minimum atomic E-state index is -0.408. The van der Waals surface area contributed by atoms with Crippen molar-refractivity contribution in [1.29, 1.82) is 0 Å². The molecule has 1 aromatic rings. The fourth-order valence-corrected chi connectivity index (χ4v) is 1.90. The first kappa shape index (κ1) is 14.4. The number of rotatable bonds is 5. The number of halogens is 2. The average Bonchev–Trinajstić information content (AvgIpc) is 2.32. The monoisotopic (exact) mass is 259 g/mol. The molecule has 0 saturated heterocycles. The topological polar surface area (TPSA) is 35.2 Å². The molecule has 0 aliphatic carbocycles. The second-order valence-corrected chi connectivity index (χ2v) is 4.84. The molecule has 0 spiro atoms. The highest BCUT2D eigenvalue weighted by Gasteiger charge is 2.29. The van der Waals surface area contributed by atoms with Crippen LogP contribution in [-0.2, 0) is 11.2 Å². The van der Waals surface area contributed by atoms with E-state index in [-0.39, 0.29) is 16.7 Å². The maximum atomic E-state index is 13.0.